The first-order chi connectivity index (χ1) is 8.90. The molecule has 2 rings (SSSR count). The number of rotatable bonds is 3. The van der Waals surface area contributed by atoms with E-state index in [1.54, 1.807) is 0 Å². The summed E-state index contributed by atoms with van der Waals surface area (Å²) < 4.78 is 26.3. The van der Waals surface area contributed by atoms with Crippen LogP contribution in [0, 0.1) is 0 Å². The largest absolute Gasteiger partial charge is 0.384 e. The minimum absolute atomic E-state index is 0.0855. The Hall–Kier alpha value is -1.64. The molecule has 19 heavy (non-hydrogen) atoms. The van der Waals surface area contributed by atoms with Crippen molar-refractivity contribution in [2.45, 2.75) is 4.90 Å². The number of hydrogen-bond donors (Lipinski definition) is 2. The van der Waals surface area contributed by atoms with Crippen LogP contribution in [-0.2, 0) is 10.0 Å². The SMILES string of the molecule is Nc1ccc(S(=O)(=O)Nc2c(Cl)ncnc2Cl)cn1. The van der Waals surface area contributed by atoms with Crippen LogP contribution in [0.15, 0.2) is 29.6 Å². The van der Waals surface area contributed by atoms with E-state index in [1.807, 2.05) is 0 Å². The number of nitrogen functional groups attached to an aromatic ring is 1. The van der Waals surface area contributed by atoms with Crippen LogP contribution in [0.5, 0.6) is 0 Å². The van der Waals surface area contributed by atoms with Gasteiger partial charge in [0.1, 0.15) is 22.7 Å². The van der Waals surface area contributed by atoms with Crippen molar-refractivity contribution in [3.63, 3.8) is 0 Å². The monoisotopic (exact) mass is 319 g/mol. The number of sulfonamides is 1. The molecule has 2 aromatic heterocycles. The number of nitrogens with two attached hydrogens (primary N) is 1. The zero-order chi connectivity index (χ0) is 14.0. The summed E-state index contributed by atoms with van der Waals surface area (Å²) >= 11 is 11.5. The fraction of sp³-hybridized carbons (Fsp3) is 0. The van der Waals surface area contributed by atoms with E-state index in [1.165, 1.54) is 12.1 Å². The van der Waals surface area contributed by atoms with Gasteiger partial charge in [-0.15, -0.1) is 0 Å². The maximum Gasteiger partial charge on any atom is 0.263 e. The first-order valence-corrected chi connectivity index (χ1v) is 7.04. The van der Waals surface area contributed by atoms with Crippen molar-refractivity contribution >= 4 is 44.7 Å². The molecular formula is C9H7Cl2N5O2S. The van der Waals surface area contributed by atoms with E-state index in [-0.39, 0.29) is 26.7 Å². The van der Waals surface area contributed by atoms with Crippen molar-refractivity contribution in [3.05, 3.63) is 35.0 Å². The maximum atomic E-state index is 12.1. The fourth-order valence-corrected chi connectivity index (χ4v) is 2.71. The summed E-state index contributed by atoms with van der Waals surface area (Å²) in [5.74, 6) is 0.207. The van der Waals surface area contributed by atoms with Crippen molar-refractivity contribution in [2.75, 3.05) is 10.5 Å². The summed E-state index contributed by atoms with van der Waals surface area (Å²) in [6.45, 7) is 0. The topological polar surface area (TPSA) is 111 Å². The summed E-state index contributed by atoms with van der Waals surface area (Å²) in [7, 11) is -3.89. The summed E-state index contributed by atoms with van der Waals surface area (Å²) in [6, 6.07) is 2.66. The van der Waals surface area contributed by atoms with Crippen LogP contribution in [0.4, 0.5) is 11.5 Å². The van der Waals surface area contributed by atoms with Crippen LogP contribution >= 0.6 is 23.2 Å². The highest BCUT2D eigenvalue weighted by molar-refractivity contribution is 7.92. The van der Waals surface area contributed by atoms with Gasteiger partial charge in [-0.2, -0.15) is 0 Å². The third-order valence-electron chi connectivity index (χ3n) is 2.06. The van der Waals surface area contributed by atoms with Gasteiger partial charge in [0, 0.05) is 6.20 Å². The molecular weight excluding hydrogens is 313 g/mol. The minimum atomic E-state index is -3.89. The van der Waals surface area contributed by atoms with E-state index in [0.717, 1.165) is 12.5 Å². The van der Waals surface area contributed by atoms with Gasteiger partial charge in [0.05, 0.1) is 0 Å². The van der Waals surface area contributed by atoms with Crippen LogP contribution in [0.1, 0.15) is 0 Å². The zero-order valence-corrected chi connectivity index (χ0v) is 11.5. The van der Waals surface area contributed by atoms with E-state index in [4.69, 9.17) is 28.9 Å². The van der Waals surface area contributed by atoms with Gasteiger partial charge in [0.25, 0.3) is 10.0 Å². The first kappa shape index (κ1) is 13.8. The molecule has 0 fully saturated rings. The van der Waals surface area contributed by atoms with Gasteiger partial charge in [0.2, 0.25) is 0 Å². The van der Waals surface area contributed by atoms with Crippen molar-refractivity contribution in [1.82, 2.24) is 15.0 Å². The summed E-state index contributed by atoms with van der Waals surface area (Å²) in [6.07, 6.45) is 2.23. The average Bonchev–Trinajstić information content (AvgIpc) is 2.35. The summed E-state index contributed by atoms with van der Waals surface area (Å²) in [5.41, 5.74) is 5.29. The Balaban J connectivity index is 2.39. The lowest BCUT2D eigenvalue weighted by atomic mass is 10.5. The molecule has 0 aliphatic carbocycles. The zero-order valence-electron chi connectivity index (χ0n) is 9.21. The third-order valence-corrected chi connectivity index (χ3v) is 3.97. The van der Waals surface area contributed by atoms with Gasteiger partial charge >= 0.3 is 0 Å². The number of nitrogens with one attached hydrogen (secondary N) is 1. The molecule has 0 unspecified atom stereocenters. The number of pyridine rings is 1. The molecule has 0 amide bonds. The highest BCUT2D eigenvalue weighted by Crippen LogP contribution is 2.28. The second-order valence-electron chi connectivity index (χ2n) is 3.35. The van der Waals surface area contributed by atoms with E-state index >= 15 is 0 Å². The molecule has 2 aromatic rings. The highest BCUT2D eigenvalue weighted by atomic mass is 35.5. The smallest absolute Gasteiger partial charge is 0.263 e. The van der Waals surface area contributed by atoms with Crippen molar-refractivity contribution in [3.8, 4) is 0 Å². The highest BCUT2D eigenvalue weighted by Gasteiger charge is 2.19. The van der Waals surface area contributed by atoms with Crippen LogP contribution in [0.2, 0.25) is 10.3 Å². The Morgan fingerprint density at radius 2 is 1.74 bits per heavy atom. The fourth-order valence-electron chi connectivity index (χ4n) is 1.17. The lowest BCUT2D eigenvalue weighted by Gasteiger charge is -2.09. The van der Waals surface area contributed by atoms with Gasteiger partial charge in [0.15, 0.2) is 10.3 Å². The molecule has 100 valence electrons. The van der Waals surface area contributed by atoms with Gasteiger partial charge < -0.3 is 5.73 Å². The Kier molecular flexibility index (Phi) is 3.74. The van der Waals surface area contributed by atoms with Crippen molar-refractivity contribution in [1.29, 1.82) is 0 Å². The van der Waals surface area contributed by atoms with Crippen LogP contribution in [0.25, 0.3) is 0 Å². The average molecular weight is 320 g/mol. The molecule has 7 nitrogen and oxygen atoms in total. The van der Waals surface area contributed by atoms with Crippen LogP contribution in [-0.4, -0.2) is 23.4 Å². The normalized spacial score (nSPS) is 11.3. The van der Waals surface area contributed by atoms with Crippen LogP contribution < -0.4 is 10.5 Å². The number of aromatic nitrogens is 3. The number of anilines is 2. The van der Waals surface area contributed by atoms with Gasteiger partial charge in [-0.05, 0) is 12.1 Å². The van der Waals surface area contributed by atoms with E-state index < -0.39 is 10.0 Å². The summed E-state index contributed by atoms with van der Waals surface area (Å²) in [5, 5.41) is -0.209. The Bertz CT molecular complexity index is 685. The molecule has 0 saturated carbocycles. The van der Waals surface area contributed by atoms with E-state index in [9.17, 15) is 8.42 Å². The predicted molar refractivity (Wildman–Crippen MR) is 71.5 cm³/mol. The molecule has 0 spiro atoms. The van der Waals surface area contributed by atoms with Crippen molar-refractivity contribution in [2.24, 2.45) is 0 Å². The molecule has 0 aromatic carbocycles. The Morgan fingerprint density at radius 3 is 2.26 bits per heavy atom. The number of nitrogens with zero attached hydrogens (tertiary/aromatic N) is 3. The van der Waals surface area contributed by atoms with E-state index in [2.05, 4.69) is 19.7 Å². The van der Waals surface area contributed by atoms with Gasteiger partial charge in [-0.1, -0.05) is 23.2 Å². The second kappa shape index (κ2) is 5.16. The quantitative estimate of drug-likeness (QED) is 0.830. The first-order valence-electron chi connectivity index (χ1n) is 4.80. The predicted octanol–water partition coefficient (Wildman–Crippen LogP) is 1.56. The lowest BCUT2D eigenvalue weighted by Crippen LogP contribution is -2.14. The molecule has 10 heteroatoms. The Morgan fingerprint density at radius 1 is 1.11 bits per heavy atom. The number of halogens is 2. The molecule has 0 saturated heterocycles. The minimum Gasteiger partial charge on any atom is -0.384 e. The molecule has 0 atom stereocenters. The van der Waals surface area contributed by atoms with E-state index in [0.29, 0.717) is 0 Å². The Labute approximate surface area is 118 Å². The molecule has 0 aliphatic heterocycles. The molecule has 0 radical (unpaired) electrons. The number of hydrogen-bond acceptors (Lipinski definition) is 6. The lowest BCUT2D eigenvalue weighted by molar-refractivity contribution is 0.601. The summed E-state index contributed by atoms with van der Waals surface area (Å²) in [4.78, 5) is 10.9. The molecule has 0 aliphatic rings. The maximum absolute atomic E-state index is 12.1. The molecule has 0 bridgehead atoms. The van der Waals surface area contributed by atoms with Gasteiger partial charge in [-0.25, -0.2) is 23.4 Å². The van der Waals surface area contributed by atoms with Crippen molar-refractivity contribution < 1.29 is 8.42 Å². The second-order valence-corrected chi connectivity index (χ2v) is 5.75. The van der Waals surface area contributed by atoms with Gasteiger partial charge in [-0.3, -0.25) is 4.72 Å². The molecule has 2 heterocycles. The third kappa shape index (κ3) is 3.03. The molecule has 3 N–H and O–H groups in total. The standard InChI is InChI=1S/C9H7Cl2N5O2S/c10-8-7(9(11)15-4-14-8)16-19(17,18)5-1-2-6(12)13-3-5/h1-4,16H,(H2,12,13). The van der Waals surface area contributed by atoms with Crippen LogP contribution in [0.3, 0.4) is 0 Å².